The second-order valence-electron chi connectivity index (χ2n) is 17.4. The summed E-state index contributed by atoms with van der Waals surface area (Å²) in [6.45, 7) is 18.6. The van der Waals surface area contributed by atoms with Gasteiger partial charge in [0.2, 0.25) is 17.7 Å². The predicted octanol–water partition coefficient (Wildman–Crippen LogP) is 7.15. The number of hydrogen-bond acceptors (Lipinski definition) is 7. The molecule has 57 heavy (non-hydrogen) atoms. The van der Waals surface area contributed by atoms with Gasteiger partial charge >= 0.3 is 0 Å². The van der Waals surface area contributed by atoms with Crippen molar-refractivity contribution in [2.24, 2.45) is 17.1 Å². The van der Waals surface area contributed by atoms with Crippen LogP contribution in [0.1, 0.15) is 116 Å². The lowest BCUT2D eigenvalue weighted by Gasteiger charge is -2.36. The van der Waals surface area contributed by atoms with Gasteiger partial charge in [0.25, 0.3) is 0 Å². The zero-order chi connectivity index (χ0) is 41.3. The van der Waals surface area contributed by atoms with Gasteiger partial charge in [-0.1, -0.05) is 80.6 Å². The van der Waals surface area contributed by atoms with Crippen LogP contribution < -0.4 is 16.4 Å². The van der Waals surface area contributed by atoms with E-state index < -0.39 is 28.5 Å². The van der Waals surface area contributed by atoms with E-state index in [1.54, 1.807) is 16.7 Å². The number of nitrogens with one attached hydrogen (secondary N) is 2. The quantitative estimate of drug-likeness (QED) is 0.185. The van der Waals surface area contributed by atoms with E-state index in [1.165, 1.54) is 10.5 Å². The van der Waals surface area contributed by atoms with Crippen LogP contribution in [0.25, 0.3) is 4.91 Å². The second kappa shape index (κ2) is 20.6. The van der Waals surface area contributed by atoms with Gasteiger partial charge in [-0.2, -0.15) is 0 Å². The summed E-state index contributed by atoms with van der Waals surface area (Å²) in [5, 5.41) is 8.36. The Morgan fingerprint density at radius 1 is 0.947 bits per heavy atom. The lowest BCUT2D eigenvalue weighted by molar-refractivity contribution is -0.144. The van der Waals surface area contributed by atoms with Gasteiger partial charge in [-0.15, -0.1) is 0 Å². The minimum atomic E-state index is -1.18. The molecule has 3 amide bonds. The highest BCUT2D eigenvalue weighted by Crippen LogP contribution is 2.33. The molecule has 5 rings (SSSR count). The number of thioether (sulfide) groups is 1. The molecule has 0 spiro atoms. The summed E-state index contributed by atoms with van der Waals surface area (Å²) >= 11 is 1.70. The van der Waals surface area contributed by atoms with Crippen molar-refractivity contribution in [3.63, 3.8) is 0 Å². The van der Waals surface area contributed by atoms with Crippen LogP contribution >= 0.6 is 11.8 Å². The summed E-state index contributed by atoms with van der Waals surface area (Å²) in [7, 11) is -1.18. The van der Waals surface area contributed by atoms with Gasteiger partial charge in [0.1, 0.15) is 23.1 Å². The van der Waals surface area contributed by atoms with Crippen LogP contribution in [0, 0.1) is 11.3 Å². The van der Waals surface area contributed by atoms with E-state index in [0.29, 0.717) is 19.4 Å². The Bertz CT molecular complexity index is 1770. The van der Waals surface area contributed by atoms with Crippen LogP contribution in [0.3, 0.4) is 0 Å². The molecule has 0 aliphatic carbocycles. The fraction of sp³-hybridized carbons (Fsp3) is 0.578. The normalized spacial score (nSPS) is 20.6. The van der Waals surface area contributed by atoms with Crippen molar-refractivity contribution in [1.29, 1.82) is 0 Å². The molecule has 3 aliphatic heterocycles. The lowest BCUT2D eigenvalue weighted by Crippen LogP contribution is -2.58. The number of benzene rings is 2. The maximum absolute atomic E-state index is 14.2. The number of nitrogens with zero attached hydrogens (tertiary/aromatic N) is 3. The van der Waals surface area contributed by atoms with Crippen molar-refractivity contribution in [3.8, 4) is 0 Å². The molecule has 3 aliphatic rings. The average Bonchev–Trinajstić information content (AvgIpc) is 3.68. The van der Waals surface area contributed by atoms with Crippen LogP contribution in [0.15, 0.2) is 70.5 Å². The smallest absolute Gasteiger partial charge is 0.246 e. The number of rotatable bonds is 14. The molecule has 0 aromatic heterocycles. The minimum absolute atomic E-state index is 0.117. The average molecular weight is 819 g/mol. The number of nitrogens with two attached hydrogens (primary N) is 1. The highest BCUT2D eigenvalue weighted by atomic mass is 32.2. The van der Waals surface area contributed by atoms with Crippen molar-refractivity contribution in [2.45, 2.75) is 129 Å². The third-order valence-electron chi connectivity index (χ3n) is 11.5. The molecule has 3 heterocycles. The highest BCUT2D eigenvalue weighted by molar-refractivity contribution is 8.10. The summed E-state index contributed by atoms with van der Waals surface area (Å²) in [4.78, 5) is 47.6. The van der Waals surface area contributed by atoms with E-state index >= 15 is 0 Å². The number of carbonyl (C=O) groups is 3. The summed E-state index contributed by atoms with van der Waals surface area (Å²) in [5.41, 5.74) is 10.0. The Labute approximate surface area is 348 Å². The fourth-order valence-corrected chi connectivity index (χ4v) is 10.1. The first-order valence-electron chi connectivity index (χ1n) is 20.8. The molecular formula is C45H66N6O4S2. The van der Waals surface area contributed by atoms with Crippen LogP contribution in [0.5, 0.6) is 0 Å². The van der Waals surface area contributed by atoms with Gasteiger partial charge < -0.3 is 21.3 Å². The molecule has 2 aromatic carbocycles. The van der Waals surface area contributed by atoms with Gasteiger partial charge in [0.15, 0.2) is 0 Å². The first-order chi connectivity index (χ1) is 27.1. The fourth-order valence-electron chi connectivity index (χ4n) is 8.08. The Morgan fingerprint density at radius 3 is 2.26 bits per heavy atom. The first kappa shape index (κ1) is 44.8. The van der Waals surface area contributed by atoms with Crippen molar-refractivity contribution in [3.05, 3.63) is 82.3 Å². The third kappa shape index (κ3) is 12.4. The summed E-state index contributed by atoms with van der Waals surface area (Å²) in [6.07, 6.45) is 7.25. The highest BCUT2D eigenvalue weighted by Gasteiger charge is 2.42. The Kier molecular flexibility index (Phi) is 16.2. The van der Waals surface area contributed by atoms with Crippen LogP contribution in [0.2, 0.25) is 0 Å². The number of carbonyl (C=O) groups excluding carboxylic acids is 3. The molecule has 4 atom stereocenters. The summed E-state index contributed by atoms with van der Waals surface area (Å²) in [5.74, 6) is -0.250. The van der Waals surface area contributed by atoms with Crippen molar-refractivity contribution in [1.82, 2.24) is 24.7 Å². The molecular weight excluding hydrogens is 753 g/mol. The minimum Gasteiger partial charge on any atom is -0.348 e. The summed E-state index contributed by atoms with van der Waals surface area (Å²) < 4.78 is 15.3. The topological polar surface area (TPSA) is 128 Å². The number of piperidine rings is 2. The van der Waals surface area contributed by atoms with Gasteiger partial charge in [0, 0.05) is 43.5 Å². The van der Waals surface area contributed by atoms with Crippen molar-refractivity contribution >= 4 is 45.4 Å². The molecule has 2 aromatic rings. The van der Waals surface area contributed by atoms with Crippen molar-refractivity contribution < 1.29 is 18.6 Å². The zero-order valence-electron chi connectivity index (χ0n) is 35.2. The Hall–Kier alpha value is -3.29. The molecule has 12 heteroatoms. The van der Waals surface area contributed by atoms with Gasteiger partial charge in [0.05, 0.1) is 10.9 Å². The molecule has 0 radical (unpaired) electrons. The maximum atomic E-state index is 14.2. The van der Waals surface area contributed by atoms with E-state index in [1.807, 2.05) is 57.1 Å². The van der Waals surface area contributed by atoms with E-state index in [-0.39, 0.29) is 35.7 Å². The van der Waals surface area contributed by atoms with E-state index in [9.17, 15) is 18.6 Å². The molecule has 312 valence electrons. The van der Waals surface area contributed by atoms with E-state index in [0.717, 1.165) is 86.4 Å². The molecule has 0 bridgehead atoms. The zero-order valence-corrected chi connectivity index (χ0v) is 36.9. The monoisotopic (exact) mass is 818 g/mol. The van der Waals surface area contributed by atoms with Gasteiger partial charge in [-0.25, -0.2) is 8.51 Å². The lowest BCUT2D eigenvalue weighted by atomic mass is 9.85. The first-order valence-corrected chi connectivity index (χ1v) is 22.8. The Morgan fingerprint density at radius 2 is 1.63 bits per heavy atom. The third-order valence-corrected chi connectivity index (χ3v) is 14.3. The Balaban J connectivity index is 1.12. The predicted molar refractivity (Wildman–Crippen MR) is 234 cm³/mol. The number of amides is 3. The van der Waals surface area contributed by atoms with E-state index in [4.69, 9.17) is 5.73 Å². The number of allylic oxidation sites excluding steroid dienone is 2. The largest absolute Gasteiger partial charge is 0.348 e. The summed E-state index contributed by atoms with van der Waals surface area (Å²) in [6, 6.07) is 15.1. The van der Waals surface area contributed by atoms with Crippen LogP contribution in [0.4, 0.5) is 0 Å². The van der Waals surface area contributed by atoms with Gasteiger partial charge in [-0.3, -0.25) is 19.3 Å². The van der Waals surface area contributed by atoms with Crippen molar-refractivity contribution in [2.75, 3.05) is 32.7 Å². The van der Waals surface area contributed by atoms with Gasteiger partial charge in [-0.05, 0) is 125 Å². The number of hydrogen-bond donors (Lipinski definition) is 3. The SMILES string of the molecule is C/C=C\SC(=C(C)C)c1ccc(C(C)NC(=O)C2CCCN2C(=O)C(NC(=O)CC2CCN(Cc3cccc(S(=O)N4CCC(N)CC4)c3)CC2)C(C)(C)C)cc1. The standard InChI is InChI=1S/C45H66N6O4S2/c1-8-27-56-41(31(2)3)36-16-14-35(15-17-36)32(4)47-43(53)39-13-10-22-51(39)44(54)42(45(5,6)7)48-40(52)29-33-18-23-49(24-19-33)30-34-11-9-12-38(28-34)57(55)50-25-20-37(46)21-26-50/h8-9,11-12,14-17,27-28,32-33,37,39,42H,10,13,18-26,29-30,46H2,1-7H3,(H,47,53)(H,48,52)/b27-8-. The molecule has 10 nitrogen and oxygen atoms in total. The second-order valence-corrected chi connectivity index (χ2v) is 19.8. The van der Waals surface area contributed by atoms with Crippen LogP contribution in [-0.2, 0) is 31.9 Å². The number of likely N-dealkylation sites (tertiary alicyclic amines) is 2. The maximum Gasteiger partial charge on any atom is 0.246 e. The van der Waals surface area contributed by atoms with E-state index in [2.05, 4.69) is 71.2 Å². The van der Waals surface area contributed by atoms with Crippen LogP contribution in [-0.4, -0.2) is 86.9 Å². The molecule has 0 saturated carbocycles. The molecule has 4 N–H and O–H groups in total. The molecule has 3 saturated heterocycles. The molecule has 3 fully saturated rings. The molecule has 4 unspecified atom stereocenters.